The lowest BCUT2D eigenvalue weighted by molar-refractivity contribution is -0.140. The van der Waals surface area contributed by atoms with E-state index in [1.54, 1.807) is 0 Å². The van der Waals surface area contributed by atoms with E-state index in [9.17, 15) is 9.59 Å². The molecule has 2 aliphatic carbocycles. The van der Waals surface area contributed by atoms with Crippen LogP contribution < -0.4 is 4.74 Å². The molecule has 268 valence electrons. The molecule has 5 nitrogen and oxygen atoms in total. The van der Waals surface area contributed by atoms with E-state index in [0.29, 0.717) is 17.9 Å². The Morgan fingerprint density at radius 2 is 1.47 bits per heavy atom. The number of rotatable bonds is 13. The van der Waals surface area contributed by atoms with Crippen LogP contribution in [0.25, 0.3) is 0 Å². The molecule has 2 aliphatic rings. The zero-order valence-electron chi connectivity index (χ0n) is 31.0. The van der Waals surface area contributed by atoms with Gasteiger partial charge in [0.25, 0.3) is 0 Å². The van der Waals surface area contributed by atoms with Gasteiger partial charge in [0.05, 0.1) is 26.4 Å². The molecule has 3 aromatic rings. The van der Waals surface area contributed by atoms with Gasteiger partial charge in [-0.3, -0.25) is 4.79 Å². The number of carbonyl (C=O) groups excluding carboxylic acids is 2. The van der Waals surface area contributed by atoms with E-state index in [-0.39, 0.29) is 11.9 Å². The third-order valence-electron chi connectivity index (χ3n) is 10.0. The molecule has 1 unspecified atom stereocenters. The summed E-state index contributed by atoms with van der Waals surface area (Å²) in [4.78, 5) is 21.8. The Balaban J connectivity index is 0.000000229. The average Bonchev–Trinajstić information content (AvgIpc) is 3.15. The Kier molecular flexibility index (Phi) is 18.6. The van der Waals surface area contributed by atoms with E-state index in [1.165, 1.54) is 94.3 Å². The maximum absolute atomic E-state index is 11.4. The largest absolute Gasteiger partial charge is 0.493 e. The number of para-hydroxylation sites is 1. The standard InChI is InChI=1S/C24H32O.C13H16O2.C7H14O2/c1-2-8-23-11-6-7-12-24(23)25-19-22-17-15-21(16-18-22)14-13-20-9-4-3-5-10-20;1-9-4-3-5-10-8-11(13(14)15-2)6-7-12(9)10;1-3-4-5-6-7(8)9-2/h3-7,9-12,21-22H,2,8,13-19H2,1H3;6-9H,3-5H2,1-2H3;3-6H2,1-2H3. The first-order chi connectivity index (χ1) is 23.9. The minimum Gasteiger partial charge on any atom is -0.493 e. The van der Waals surface area contributed by atoms with Crippen molar-refractivity contribution in [1.29, 1.82) is 0 Å². The fraction of sp³-hybridized carbons (Fsp3) is 0.545. The van der Waals surface area contributed by atoms with Gasteiger partial charge >= 0.3 is 11.9 Å². The van der Waals surface area contributed by atoms with Crippen LogP contribution in [0.3, 0.4) is 0 Å². The summed E-state index contributed by atoms with van der Waals surface area (Å²) < 4.78 is 15.4. The summed E-state index contributed by atoms with van der Waals surface area (Å²) in [5, 5.41) is 0. The molecule has 0 spiro atoms. The molecule has 1 atom stereocenters. The summed E-state index contributed by atoms with van der Waals surface area (Å²) in [6.45, 7) is 7.48. The summed E-state index contributed by atoms with van der Waals surface area (Å²) in [7, 11) is 2.85. The second-order valence-electron chi connectivity index (χ2n) is 13.8. The smallest absolute Gasteiger partial charge is 0.337 e. The van der Waals surface area contributed by atoms with Gasteiger partial charge < -0.3 is 14.2 Å². The molecular weight excluding hydrogens is 608 g/mol. The molecule has 49 heavy (non-hydrogen) atoms. The molecule has 0 amide bonds. The number of unbranched alkanes of at least 4 members (excludes halogenated alkanes) is 2. The van der Waals surface area contributed by atoms with E-state index < -0.39 is 0 Å². The van der Waals surface area contributed by atoms with Gasteiger partial charge in [-0.15, -0.1) is 0 Å². The molecule has 3 aromatic carbocycles. The van der Waals surface area contributed by atoms with Crippen molar-refractivity contribution in [3.05, 3.63) is 101 Å². The van der Waals surface area contributed by atoms with Gasteiger partial charge in [-0.25, -0.2) is 4.79 Å². The van der Waals surface area contributed by atoms with Crippen molar-refractivity contribution in [3.63, 3.8) is 0 Å². The van der Waals surface area contributed by atoms with Crippen LogP contribution in [-0.4, -0.2) is 32.8 Å². The molecule has 1 fully saturated rings. The summed E-state index contributed by atoms with van der Waals surface area (Å²) in [6, 6.07) is 25.4. The van der Waals surface area contributed by atoms with Crippen LogP contribution in [0.4, 0.5) is 0 Å². The zero-order valence-corrected chi connectivity index (χ0v) is 31.0. The number of aryl methyl sites for hydroxylation is 3. The molecule has 5 rings (SSSR count). The molecule has 0 aromatic heterocycles. The summed E-state index contributed by atoms with van der Waals surface area (Å²) >= 11 is 0. The maximum atomic E-state index is 11.4. The number of carbonyl (C=O) groups is 2. The lowest BCUT2D eigenvalue weighted by Crippen LogP contribution is -2.20. The SMILES string of the molecule is CCCCCC(=O)OC.CCCc1ccccc1OCC1CCC(CCc2ccccc2)CC1.COC(=O)c1ccc2c(c1)CCCC2C. The van der Waals surface area contributed by atoms with Crippen LogP contribution in [0.2, 0.25) is 0 Å². The zero-order chi connectivity index (χ0) is 35.3. The first kappa shape index (κ1) is 39.8. The Morgan fingerprint density at radius 3 is 2.16 bits per heavy atom. The highest BCUT2D eigenvalue weighted by Crippen LogP contribution is 2.33. The molecule has 0 N–H and O–H groups in total. The van der Waals surface area contributed by atoms with E-state index in [0.717, 1.165) is 56.3 Å². The van der Waals surface area contributed by atoms with Gasteiger partial charge in [0.2, 0.25) is 0 Å². The van der Waals surface area contributed by atoms with Gasteiger partial charge in [0.15, 0.2) is 0 Å². The topological polar surface area (TPSA) is 61.8 Å². The number of fused-ring (bicyclic) bond motifs is 1. The third-order valence-corrected chi connectivity index (χ3v) is 10.0. The number of hydrogen-bond donors (Lipinski definition) is 0. The predicted molar refractivity (Wildman–Crippen MR) is 201 cm³/mol. The molecule has 0 bridgehead atoms. The van der Waals surface area contributed by atoms with Crippen molar-refractivity contribution in [2.75, 3.05) is 20.8 Å². The van der Waals surface area contributed by atoms with Crippen LogP contribution in [0.1, 0.15) is 136 Å². The van der Waals surface area contributed by atoms with Gasteiger partial charge in [0, 0.05) is 6.42 Å². The molecule has 5 heteroatoms. The van der Waals surface area contributed by atoms with E-state index in [4.69, 9.17) is 9.47 Å². The molecular formula is C44H62O5. The number of methoxy groups -OCH3 is 2. The summed E-state index contributed by atoms with van der Waals surface area (Å²) in [6.07, 6.45) is 17.6. The molecule has 0 saturated heterocycles. The van der Waals surface area contributed by atoms with Gasteiger partial charge in [-0.2, -0.15) is 0 Å². The first-order valence-electron chi connectivity index (χ1n) is 18.9. The summed E-state index contributed by atoms with van der Waals surface area (Å²) in [5.41, 5.74) is 6.23. The fourth-order valence-electron chi connectivity index (χ4n) is 6.95. The minimum atomic E-state index is -0.240. The van der Waals surface area contributed by atoms with Gasteiger partial charge in [0.1, 0.15) is 5.75 Å². The summed E-state index contributed by atoms with van der Waals surface area (Å²) in [5.74, 6) is 3.04. The van der Waals surface area contributed by atoms with Crippen LogP contribution in [0, 0.1) is 11.8 Å². The van der Waals surface area contributed by atoms with Crippen LogP contribution in [0.5, 0.6) is 5.75 Å². The van der Waals surface area contributed by atoms with Crippen molar-refractivity contribution in [2.45, 2.75) is 123 Å². The van der Waals surface area contributed by atoms with Crippen molar-refractivity contribution < 1.29 is 23.8 Å². The first-order valence-corrected chi connectivity index (χ1v) is 18.9. The Labute approximate surface area is 297 Å². The third kappa shape index (κ3) is 14.4. The Hall–Kier alpha value is -3.60. The number of esters is 2. The van der Waals surface area contributed by atoms with Crippen molar-refractivity contribution >= 4 is 11.9 Å². The maximum Gasteiger partial charge on any atom is 0.337 e. The molecule has 0 heterocycles. The molecule has 0 aliphatic heterocycles. The number of hydrogen-bond acceptors (Lipinski definition) is 5. The van der Waals surface area contributed by atoms with Crippen LogP contribution in [0.15, 0.2) is 72.8 Å². The van der Waals surface area contributed by atoms with E-state index in [2.05, 4.69) is 86.2 Å². The highest BCUT2D eigenvalue weighted by Gasteiger charge is 2.22. The van der Waals surface area contributed by atoms with Crippen LogP contribution >= 0.6 is 0 Å². The lowest BCUT2D eigenvalue weighted by Gasteiger charge is -2.28. The van der Waals surface area contributed by atoms with Crippen molar-refractivity contribution in [3.8, 4) is 5.75 Å². The highest BCUT2D eigenvalue weighted by atomic mass is 16.5. The second-order valence-corrected chi connectivity index (χ2v) is 13.8. The molecule has 1 saturated carbocycles. The van der Waals surface area contributed by atoms with E-state index >= 15 is 0 Å². The van der Waals surface area contributed by atoms with E-state index in [1.807, 2.05) is 12.1 Å². The monoisotopic (exact) mass is 670 g/mol. The van der Waals surface area contributed by atoms with Crippen LogP contribution in [-0.2, 0) is 33.5 Å². The quantitative estimate of drug-likeness (QED) is 0.134. The number of ether oxygens (including phenoxy) is 3. The minimum absolute atomic E-state index is 0.0940. The van der Waals surface area contributed by atoms with Gasteiger partial charge in [-0.1, -0.05) is 107 Å². The molecule has 0 radical (unpaired) electrons. The lowest BCUT2D eigenvalue weighted by atomic mass is 9.80. The Bertz CT molecular complexity index is 1360. The average molecular weight is 671 g/mol. The number of benzene rings is 3. The highest BCUT2D eigenvalue weighted by molar-refractivity contribution is 5.89. The second kappa shape index (κ2) is 22.9. The van der Waals surface area contributed by atoms with Gasteiger partial charge in [-0.05, 0) is 116 Å². The fourth-order valence-corrected chi connectivity index (χ4v) is 6.95. The Morgan fingerprint density at radius 1 is 0.755 bits per heavy atom. The van der Waals surface area contributed by atoms with Crippen molar-refractivity contribution in [2.24, 2.45) is 11.8 Å². The predicted octanol–water partition coefficient (Wildman–Crippen LogP) is 11.1. The van der Waals surface area contributed by atoms with Crippen molar-refractivity contribution in [1.82, 2.24) is 0 Å². The normalized spacial score (nSPS) is 18.0.